The fourth-order valence-electron chi connectivity index (χ4n) is 1.83. The van der Waals surface area contributed by atoms with Gasteiger partial charge in [-0.05, 0) is 24.0 Å². The van der Waals surface area contributed by atoms with Crippen LogP contribution in [-0.2, 0) is 0 Å². The number of aromatic nitrogens is 1. The first-order valence-electron chi connectivity index (χ1n) is 6.49. The first kappa shape index (κ1) is 13.8. The molecule has 0 radical (unpaired) electrons. The Morgan fingerprint density at radius 2 is 2.12 bits per heavy atom. The standard InChI is InChI=1S/C14H25N3/c1-4-5-6-9-14(2,3)11-17-13-12(15)8-7-10-16-13/h7-8,10H,4-6,9,11,15H2,1-3H3,(H,16,17). The van der Waals surface area contributed by atoms with Gasteiger partial charge < -0.3 is 11.1 Å². The molecular weight excluding hydrogens is 210 g/mol. The molecule has 1 heterocycles. The van der Waals surface area contributed by atoms with Crippen molar-refractivity contribution in [2.24, 2.45) is 5.41 Å². The van der Waals surface area contributed by atoms with Crippen LogP contribution in [0, 0.1) is 5.41 Å². The van der Waals surface area contributed by atoms with Gasteiger partial charge in [0.15, 0.2) is 0 Å². The summed E-state index contributed by atoms with van der Waals surface area (Å²) >= 11 is 0. The zero-order valence-corrected chi connectivity index (χ0v) is 11.3. The number of hydrogen-bond acceptors (Lipinski definition) is 3. The minimum absolute atomic E-state index is 0.291. The topological polar surface area (TPSA) is 50.9 Å². The van der Waals surface area contributed by atoms with Crippen LogP contribution in [0.1, 0.15) is 46.5 Å². The van der Waals surface area contributed by atoms with Gasteiger partial charge in [0.05, 0.1) is 5.69 Å². The normalized spacial score (nSPS) is 11.5. The van der Waals surface area contributed by atoms with Crippen molar-refractivity contribution in [2.45, 2.75) is 46.5 Å². The SMILES string of the molecule is CCCCCC(C)(C)CNc1ncccc1N. The van der Waals surface area contributed by atoms with Crippen LogP contribution >= 0.6 is 0 Å². The van der Waals surface area contributed by atoms with Crippen LogP contribution < -0.4 is 11.1 Å². The van der Waals surface area contributed by atoms with Gasteiger partial charge in [-0.2, -0.15) is 0 Å². The summed E-state index contributed by atoms with van der Waals surface area (Å²) in [6, 6.07) is 3.73. The van der Waals surface area contributed by atoms with E-state index in [1.807, 2.05) is 12.1 Å². The maximum absolute atomic E-state index is 5.85. The Morgan fingerprint density at radius 1 is 1.35 bits per heavy atom. The summed E-state index contributed by atoms with van der Waals surface area (Å²) in [6.45, 7) is 7.72. The number of unbranched alkanes of at least 4 members (excludes halogenated alkanes) is 2. The molecule has 0 spiro atoms. The number of hydrogen-bond donors (Lipinski definition) is 2. The molecule has 0 saturated carbocycles. The molecule has 3 heteroatoms. The Morgan fingerprint density at radius 3 is 2.76 bits per heavy atom. The van der Waals surface area contributed by atoms with E-state index in [2.05, 4.69) is 31.1 Å². The molecule has 0 bridgehead atoms. The second-order valence-corrected chi connectivity index (χ2v) is 5.42. The average Bonchev–Trinajstić information content (AvgIpc) is 2.28. The van der Waals surface area contributed by atoms with Crippen LogP contribution in [0.5, 0.6) is 0 Å². The third-order valence-corrected chi connectivity index (χ3v) is 3.03. The second kappa shape index (κ2) is 6.48. The lowest BCUT2D eigenvalue weighted by Gasteiger charge is -2.25. The third-order valence-electron chi connectivity index (χ3n) is 3.03. The van der Waals surface area contributed by atoms with E-state index in [9.17, 15) is 0 Å². The second-order valence-electron chi connectivity index (χ2n) is 5.42. The fourth-order valence-corrected chi connectivity index (χ4v) is 1.83. The Hall–Kier alpha value is -1.25. The number of nitrogens with zero attached hydrogens (tertiary/aromatic N) is 1. The molecule has 1 rings (SSSR count). The van der Waals surface area contributed by atoms with Crippen LogP contribution in [0.4, 0.5) is 11.5 Å². The molecule has 0 saturated heterocycles. The van der Waals surface area contributed by atoms with Gasteiger partial charge in [0.2, 0.25) is 0 Å². The summed E-state index contributed by atoms with van der Waals surface area (Å²) in [5, 5.41) is 3.34. The summed E-state index contributed by atoms with van der Waals surface area (Å²) in [7, 11) is 0. The van der Waals surface area contributed by atoms with Gasteiger partial charge in [-0.25, -0.2) is 4.98 Å². The average molecular weight is 235 g/mol. The summed E-state index contributed by atoms with van der Waals surface area (Å²) in [4.78, 5) is 4.24. The first-order chi connectivity index (χ1) is 8.05. The van der Waals surface area contributed by atoms with E-state index in [0.29, 0.717) is 5.41 Å². The first-order valence-corrected chi connectivity index (χ1v) is 6.49. The molecule has 3 nitrogen and oxygen atoms in total. The summed E-state index contributed by atoms with van der Waals surface area (Å²) in [5.74, 6) is 0.802. The molecule has 1 aromatic rings. The van der Waals surface area contributed by atoms with Crippen molar-refractivity contribution in [1.29, 1.82) is 0 Å². The zero-order valence-electron chi connectivity index (χ0n) is 11.3. The van der Waals surface area contributed by atoms with Gasteiger partial charge in [-0.1, -0.05) is 40.0 Å². The molecule has 96 valence electrons. The number of anilines is 2. The highest BCUT2D eigenvalue weighted by Gasteiger charge is 2.17. The Bertz CT molecular complexity index is 334. The summed E-state index contributed by atoms with van der Waals surface area (Å²) < 4.78 is 0. The Labute approximate surface area is 105 Å². The third kappa shape index (κ3) is 5.07. The van der Waals surface area contributed by atoms with Crippen LogP contribution in [0.25, 0.3) is 0 Å². The highest BCUT2D eigenvalue weighted by molar-refractivity contribution is 5.60. The quantitative estimate of drug-likeness (QED) is 0.709. The predicted molar refractivity (Wildman–Crippen MR) is 75.1 cm³/mol. The molecule has 1 aromatic heterocycles. The van der Waals surface area contributed by atoms with E-state index in [4.69, 9.17) is 5.73 Å². The molecule has 0 aliphatic heterocycles. The fraction of sp³-hybridized carbons (Fsp3) is 0.643. The minimum Gasteiger partial charge on any atom is -0.396 e. The molecule has 0 aromatic carbocycles. The van der Waals surface area contributed by atoms with Gasteiger partial charge in [0.25, 0.3) is 0 Å². The van der Waals surface area contributed by atoms with Crippen LogP contribution in [0.15, 0.2) is 18.3 Å². The van der Waals surface area contributed by atoms with Crippen LogP contribution in [-0.4, -0.2) is 11.5 Å². The molecule has 3 N–H and O–H groups in total. The van der Waals surface area contributed by atoms with E-state index < -0.39 is 0 Å². The molecule has 0 unspecified atom stereocenters. The van der Waals surface area contributed by atoms with E-state index in [1.165, 1.54) is 25.7 Å². The van der Waals surface area contributed by atoms with E-state index >= 15 is 0 Å². The van der Waals surface area contributed by atoms with E-state index in [1.54, 1.807) is 6.20 Å². The minimum atomic E-state index is 0.291. The number of nitrogens with two attached hydrogens (primary N) is 1. The van der Waals surface area contributed by atoms with Gasteiger partial charge >= 0.3 is 0 Å². The van der Waals surface area contributed by atoms with E-state index in [0.717, 1.165) is 18.1 Å². The zero-order chi connectivity index (χ0) is 12.7. The molecule has 17 heavy (non-hydrogen) atoms. The summed E-state index contributed by atoms with van der Waals surface area (Å²) in [5.41, 5.74) is 6.86. The van der Waals surface area contributed by atoms with Crippen LogP contribution in [0.3, 0.4) is 0 Å². The van der Waals surface area contributed by atoms with Gasteiger partial charge in [-0.3, -0.25) is 0 Å². The van der Waals surface area contributed by atoms with Crippen molar-refractivity contribution >= 4 is 11.5 Å². The smallest absolute Gasteiger partial charge is 0.149 e. The lowest BCUT2D eigenvalue weighted by molar-refractivity contribution is 0.342. The van der Waals surface area contributed by atoms with Gasteiger partial charge in [0, 0.05) is 12.7 Å². The molecule has 0 aliphatic carbocycles. The van der Waals surface area contributed by atoms with Crippen LogP contribution in [0.2, 0.25) is 0 Å². The number of rotatable bonds is 7. The van der Waals surface area contributed by atoms with Gasteiger partial charge in [0.1, 0.15) is 5.82 Å². The molecule has 0 fully saturated rings. The highest BCUT2D eigenvalue weighted by atomic mass is 15.0. The maximum atomic E-state index is 5.85. The van der Waals surface area contributed by atoms with Crippen molar-refractivity contribution in [2.75, 3.05) is 17.6 Å². The monoisotopic (exact) mass is 235 g/mol. The maximum Gasteiger partial charge on any atom is 0.149 e. The number of nitrogen functional groups attached to an aromatic ring is 1. The van der Waals surface area contributed by atoms with Crippen molar-refractivity contribution in [3.63, 3.8) is 0 Å². The molecule has 0 atom stereocenters. The number of pyridine rings is 1. The lowest BCUT2D eigenvalue weighted by Crippen LogP contribution is -2.23. The molecule has 0 aliphatic rings. The van der Waals surface area contributed by atoms with Crippen molar-refractivity contribution in [3.8, 4) is 0 Å². The van der Waals surface area contributed by atoms with Gasteiger partial charge in [-0.15, -0.1) is 0 Å². The summed E-state index contributed by atoms with van der Waals surface area (Å²) in [6.07, 6.45) is 6.89. The van der Waals surface area contributed by atoms with Crippen molar-refractivity contribution < 1.29 is 0 Å². The van der Waals surface area contributed by atoms with E-state index in [-0.39, 0.29) is 0 Å². The van der Waals surface area contributed by atoms with Crippen molar-refractivity contribution in [3.05, 3.63) is 18.3 Å². The molecule has 0 amide bonds. The Balaban J connectivity index is 2.41. The molecular formula is C14H25N3. The Kier molecular flexibility index (Phi) is 5.26. The lowest BCUT2D eigenvalue weighted by atomic mass is 9.87. The van der Waals surface area contributed by atoms with Crippen molar-refractivity contribution in [1.82, 2.24) is 4.98 Å². The number of nitrogens with one attached hydrogen (secondary N) is 1. The highest BCUT2D eigenvalue weighted by Crippen LogP contribution is 2.25. The largest absolute Gasteiger partial charge is 0.396 e. The predicted octanol–water partition coefficient (Wildman–Crippen LogP) is 3.68.